The van der Waals surface area contributed by atoms with Crippen molar-refractivity contribution in [2.24, 2.45) is 5.73 Å². The van der Waals surface area contributed by atoms with Crippen LogP contribution in [0.3, 0.4) is 0 Å². The summed E-state index contributed by atoms with van der Waals surface area (Å²) in [6.45, 7) is 1.72. The number of hydrogen-bond donors (Lipinski definition) is 1. The zero-order valence-corrected chi connectivity index (χ0v) is 9.34. The monoisotopic (exact) mass is 259 g/mol. The van der Waals surface area contributed by atoms with Gasteiger partial charge >= 0.3 is 0 Å². The summed E-state index contributed by atoms with van der Waals surface area (Å²) in [7, 11) is 0. The van der Waals surface area contributed by atoms with E-state index in [0.717, 1.165) is 0 Å². The molecule has 0 aromatic heterocycles. The first-order valence-electron chi connectivity index (χ1n) is 4.24. The summed E-state index contributed by atoms with van der Waals surface area (Å²) in [6, 6.07) is 4.13. The summed E-state index contributed by atoms with van der Waals surface area (Å²) >= 11 is 3.12. The van der Waals surface area contributed by atoms with Crippen molar-refractivity contribution in [1.29, 1.82) is 0 Å². The molecule has 0 fully saturated rings. The lowest BCUT2D eigenvalue weighted by molar-refractivity contribution is 0.0972. The summed E-state index contributed by atoms with van der Waals surface area (Å²) in [6.07, 6.45) is 0.165. The van der Waals surface area contributed by atoms with Crippen molar-refractivity contribution in [2.45, 2.75) is 19.4 Å². The van der Waals surface area contributed by atoms with E-state index in [2.05, 4.69) is 15.9 Å². The van der Waals surface area contributed by atoms with Crippen LogP contribution in [-0.4, -0.2) is 11.8 Å². The highest BCUT2D eigenvalue weighted by atomic mass is 79.9. The molecule has 1 aromatic rings. The van der Waals surface area contributed by atoms with Crippen LogP contribution < -0.4 is 5.73 Å². The Morgan fingerprint density at radius 3 is 2.79 bits per heavy atom. The van der Waals surface area contributed by atoms with Crippen LogP contribution in [0.5, 0.6) is 0 Å². The van der Waals surface area contributed by atoms with Crippen molar-refractivity contribution in [3.63, 3.8) is 0 Å². The van der Waals surface area contributed by atoms with Gasteiger partial charge in [0.2, 0.25) is 0 Å². The molecule has 2 N–H and O–H groups in total. The van der Waals surface area contributed by atoms with Gasteiger partial charge in [0.25, 0.3) is 0 Å². The van der Waals surface area contributed by atoms with E-state index in [-0.39, 0.29) is 23.8 Å². The first kappa shape index (κ1) is 11.3. The highest BCUT2D eigenvalue weighted by molar-refractivity contribution is 9.10. The van der Waals surface area contributed by atoms with Crippen molar-refractivity contribution >= 4 is 21.7 Å². The summed E-state index contributed by atoms with van der Waals surface area (Å²) in [4.78, 5) is 11.5. The highest BCUT2D eigenvalue weighted by Gasteiger charge is 2.13. The molecule has 0 saturated heterocycles. The Hall–Kier alpha value is -0.740. The van der Waals surface area contributed by atoms with Gasteiger partial charge in [-0.15, -0.1) is 0 Å². The number of benzene rings is 1. The summed E-state index contributed by atoms with van der Waals surface area (Å²) in [5.41, 5.74) is 5.56. The van der Waals surface area contributed by atoms with Crippen LogP contribution in [0.15, 0.2) is 22.7 Å². The Bertz CT molecular complexity index is 352. The molecule has 0 radical (unpaired) electrons. The fraction of sp³-hybridized carbons (Fsp3) is 0.300. The zero-order chi connectivity index (χ0) is 10.7. The molecule has 0 bridgehead atoms. The minimum Gasteiger partial charge on any atom is -0.328 e. The molecule has 1 unspecified atom stereocenters. The van der Waals surface area contributed by atoms with Gasteiger partial charge in [0.1, 0.15) is 5.82 Å². The van der Waals surface area contributed by atoms with Gasteiger partial charge in [-0.1, -0.05) is 15.9 Å². The molecule has 2 nitrogen and oxygen atoms in total. The van der Waals surface area contributed by atoms with Gasteiger partial charge in [0, 0.05) is 16.9 Å². The topological polar surface area (TPSA) is 43.1 Å². The molecule has 0 aliphatic heterocycles. The maximum atomic E-state index is 13.3. The van der Waals surface area contributed by atoms with Crippen molar-refractivity contribution in [3.05, 3.63) is 34.1 Å². The first-order chi connectivity index (χ1) is 6.50. The first-order valence-corrected chi connectivity index (χ1v) is 5.04. The van der Waals surface area contributed by atoms with Gasteiger partial charge in [0.15, 0.2) is 5.78 Å². The molecule has 1 rings (SSSR count). The highest BCUT2D eigenvalue weighted by Crippen LogP contribution is 2.16. The maximum absolute atomic E-state index is 13.3. The third-order valence-electron chi connectivity index (χ3n) is 1.74. The standard InChI is InChI=1S/C10H11BrFNO/c1-6(13)4-10(14)8-3-2-7(11)5-9(8)12/h2-3,5-6H,4,13H2,1H3. The van der Waals surface area contributed by atoms with E-state index in [9.17, 15) is 9.18 Å². The molecule has 0 aliphatic carbocycles. The van der Waals surface area contributed by atoms with Crippen LogP contribution in [0.1, 0.15) is 23.7 Å². The normalized spacial score (nSPS) is 12.6. The smallest absolute Gasteiger partial charge is 0.167 e. The lowest BCUT2D eigenvalue weighted by Gasteiger charge is -2.05. The van der Waals surface area contributed by atoms with Crippen LogP contribution in [0.4, 0.5) is 4.39 Å². The van der Waals surface area contributed by atoms with Gasteiger partial charge in [-0.2, -0.15) is 0 Å². The number of ketones is 1. The van der Waals surface area contributed by atoms with Gasteiger partial charge in [0.05, 0.1) is 5.56 Å². The molecule has 1 aromatic carbocycles. The molecule has 14 heavy (non-hydrogen) atoms. The van der Waals surface area contributed by atoms with Crippen molar-refractivity contribution in [1.82, 2.24) is 0 Å². The van der Waals surface area contributed by atoms with Gasteiger partial charge in [-0.25, -0.2) is 4.39 Å². The second kappa shape index (κ2) is 4.66. The zero-order valence-electron chi connectivity index (χ0n) is 7.76. The maximum Gasteiger partial charge on any atom is 0.167 e. The van der Waals surface area contributed by atoms with Crippen LogP contribution in [0.25, 0.3) is 0 Å². The number of rotatable bonds is 3. The van der Waals surface area contributed by atoms with Crippen LogP contribution in [0.2, 0.25) is 0 Å². The third kappa shape index (κ3) is 2.89. The molecule has 0 heterocycles. The second-order valence-corrected chi connectivity index (χ2v) is 4.14. The SMILES string of the molecule is CC(N)CC(=O)c1ccc(Br)cc1F. The Morgan fingerprint density at radius 1 is 1.64 bits per heavy atom. The minimum atomic E-state index is -0.509. The quantitative estimate of drug-likeness (QED) is 0.848. The lowest BCUT2D eigenvalue weighted by Crippen LogP contribution is -2.20. The van der Waals surface area contributed by atoms with Crippen molar-refractivity contribution in [2.75, 3.05) is 0 Å². The Kier molecular flexibility index (Phi) is 3.77. The molecular weight excluding hydrogens is 249 g/mol. The second-order valence-electron chi connectivity index (χ2n) is 3.23. The van der Waals surface area contributed by atoms with E-state index in [1.807, 2.05) is 0 Å². The average molecular weight is 260 g/mol. The van der Waals surface area contributed by atoms with E-state index < -0.39 is 5.82 Å². The lowest BCUT2D eigenvalue weighted by atomic mass is 10.0. The number of carbonyl (C=O) groups excluding carboxylic acids is 1. The van der Waals surface area contributed by atoms with E-state index >= 15 is 0 Å². The third-order valence-corrected chi connectivity index (χ3v) is 2.23. The molecule has 76 valence electrons. The summed E-state index contributed by atoms with van der Waals surface area (Å²) < 4.78 is 13.9. The van der Waals surface area contributed by atoms with Crippen LogP contribution in [-0.2, 0) is 0 Å². The molecular formula is C10H11BrFNO. The molecule has 4 heteroatoms. The van der Waals surface area contributed by atoms with Gasteiger partial charge in [-0.05, 0) is 25.1 Å². The van der Waals surface area contributed by atoms with Crippen molar-refractivity contribution in [3.8, 4) is 0 Å². The number of halogens is 2. The van der Waals surface area contributed by atoms with E-state index in [0.29, 0.717) is 4.47 Å². The Labute approximate surface area is 90.4 Å². The largest absolute Gasteiger partial charge is 0.328 e. The van der Waals surface area contributed by atoms with Crippen molar-refractivity contribution < 1.29 is 9.18 Å². The minimum absolute atomic E-state index is 0.102. The van der Waals surface area contributed by atoms with Gasteiger partial charge < -0.3 is 5.73 Å². The molecule has 0 spiro atoms. The van der Waals surface area contributed by atoms with E-state index in [1.54, 1.807) is 13.0 Å². The molecule has 0 saturated carbocycles. The average Bonchev–Trinajstić information content (AvgIpc) is 2.01. The van der Waals surface area contributed by atoms with Gasteiger partial charge in [-0.3, -0.25) is 4.79 Å². The predicted octanol–water partition coefficient (Wildman–Crippen LogP) is 2.51. The van der Waals surface area contributed by atoms with Crippen LogP contribution in [0, 0.1) is 5.82 Å². The predicted molar refractivity (Wildman–Crippen MR) is 56.7 cm³/mol. The molecule has 1 atom stereocenters. The number of nitrogens with two attached hydrogens (primary N) is 1. The Balaban J connectivity index is 2.90. The van der Waals surface area contributed by atoms with E-state index in [1.165, 1.54) is 12.1 Å². The molecule has 0 amide bonds. The summed E-state index contributed by atoms with van der Waals surface area (Å²) in [5, 5.41) is 0. The fourth-order valence-electron chi connectivity index (χ4n) is 1.12. The van der Waals surface area contributed by atoms with Crippen LogP contribution >= 0.6 is 15.9 Å². The number of Topliss-reactive ketones (excluding diaryl/α,β-unsaturated/α-hetero) is 1. The fourth-order valence-corrected chi connectivity index (χ4v) is 1.45. The van der Waals surface area contributed by atoms with E-state index in [4.69, 9.17) is 5.73 Å². The summed E-state index contributed by atoms with van der Waals surface area (Å²) in [5.74, 6) is -0.768. The number of carbonyl (C=O) groups is 1. The number of hydrogen-bond acceptors (Lipinski definition) is 2. The molecule has 0 aliphatic rings. The Morgan fingerprint density at radius 2 is 2.29 bits per heavy atom.